The second-order valence-corrected chi connectivity index (χ2v) is 5.37. The minimum atomic E-state index is -1.23. The van der Waals surface area contributed by atoms with Gasteiger partial charge in [0.15, 0.2) is 0 Å². The number of aromatic hydroxyl groups is 1. The van der Waals surface area contributed by atoms with Gasteiger partial charge < -0.3 is 15.5 Å². The molecule has 21 heavy (non-hydrogen) atoms. The minimum absolute atomic E-state index is 0.215. The van der Waals surface area contributed by atoms with Gasteiger partial charge in [0, 0.05) is 21.8 Å². The van der Waals surface area contributed by atoms with E-state index in [1.54, 1.807) is 12.1 Å². The topological polar surface area (TPSA) is 86.6 Å². The van der Waals surface area contributed by atoms with Crippen LogP contribution in [0.15, 0.2) is 40.9 Å². The molecule has 0 spiro atoms. The van der Waals surface area contributed by atoms with Gasteiger partial charge in [-0.25, -0.2) is 4.79 Å². The summed E-state index contributed by atoms with van der Waals surface area (Å²) in [6, 6.07) is 9.12. The van der Waals surface area contributed by atoms with E-state index in [0.29, 0.717) is 11.3 Å². The lowest BCUT2D eigenvalue weighted by Crippen LogP contribution is -2.13. The maximum absolute atomic E-state index is 12.2. The third kappa shape index (κ3) is 3.41. The van der Waals surface area contributed by atoms with Crippen LogP contribution >= 0.6 is 15.9 Å². The molecule has 0 bridgehead atoms. The van der Waals surface area contributed by atoms with Crippen LogP contribution < -0.4 is 5.32 Å². The standard InChI is InChI=1S/C15H12BrNO4/c1-8-6-9(16)2-4-11(8)14(19)17-10-3-5-12(15(20)21)13(18)7-10/h2-7,18H,1H3,(H,17,19)(H,20,21). The van der Waals surface area contributed by atoms with E-state index >= 15 is 0 Å². The van der Waals surface area contributed by atoms with Crippen LogP contribution in [-0.4, -0.2) is 22.1 Å². The largest absolute Gasteiger partial charge is 0.507 e. The SMILES string of the molecule is Cc1cc(Br)ccc1C(=O)Nc1ccc(C(=O)O)c(O)c1. The summed E-state index contributed by atoms with van der Waals surface area (Å²) in [6.45, 7) is 1.81. The number of hydrogen-bond donors (Lipinski definition) is 3. The Bertz CT molecular complexity index is 728. The molecular weight excluding hydrogens is 338 g/mol. The first-order valence-electron chi connectivity index (χ1n) is 6.02. The summed E-state index contributed by atoms with van der Waals surface area (Å²) in [7, 11) is 0. The molecule has 0 saturated heterocycles. The van der Waals surface area contributed by atoms with Gasteiger partial charge in [-0.3, -0.25) is 4.79 Å². The van der Waals surface area contributed by atoms with Crippen molar-refractivity contribution in [1.82, 2.24) is 0 Å². The fourth-order valence-corrected chi connectivity index (χ4v) is 2.35. The summed E-state index contributed by atoms with van der Waals surface area (Å²) in [4.78, 5) is 23.0. The number of carboxylic acids is 1. The van der Waals surface area contributed by atoms with Gasteiger partial charge in [-0.2, -0.15) is 0 Å². The third-order valence-electron chi connectivity index (χ3n) is 2.92. The van der Waals surface area contributed by atoms with Gasteiger partial charge in [-0.05, 0) is 42.8 Å². The number of benzene rings is 2. The van der Waals surface area contributed by atoms with E-state index in [2.05, 4.69) is 21.2 Å². The molecule has 0 aliphatic heterocycles. The first-order chi connectivity index (χ1) is 9.88. The van der Waals surface area contributed by atoms with Crippen LogP contribution in [0.5, 0.6) is 5.75 Å². The summed E-state index contributed by atoms with van der Waals surface area (Å²) in [5, 5.41) is 21.0. The molecule has 0 aromatic heterocycles. The van der Waals surface area contributed by atoms with Crippen molar-refractivity contribution >= 4 is 33.5 Å². The van der Waals surface area contributed by atoms with E-state index in [1.807, 2.05) is 13.0 Å². The summed E-state index contributed by atoms with van der Waals surface area (Å²) < 4.78 is 0.875. The number of amides is 1. The number of aryl methyl sites for hydroxylation is 1. The van der Waals surface area contributed by atoms with Crippen LogP contribution in [-0.2, 0) is 0 Å². The number of carbonyl (C=O) groups excluding carboxylic acids is 1. The Morgan fingerprint density at radius 3 is 2.33 bits per heavy atom. The Kier molecular flexibility index (Phi) is 4.28. The van der Waals surface area contributed by atoms with Crippen molar-refractivity contribution in [1.29, 1.82) is 0 Å². The lowest BCUT2D eigenvalue weighted by atomic mass is 10.1. The van der Waals surface area contributed by atoms with Crippen LogP contribution in [0.25, 0.3) is 0 Å². The smallest absolute Gasteiger partial charge is 0.339 e. The fourth-order valence-electron chi connectivity index (χ4n) is 1.87. The molecular formula is C15H12BrNO4. The first kappa shape index (κ1) is 15.1. The molecule has 0 aliphatic rings. The number of halogens is 1. The van der Waals surface area contributed by atoms with Gasteiger partial charge in [-0.15, -0.1) is 0 Å². The molecule has 0 unspecified atom stereocenters. The molecule has 6 heteroatoms. The highest BCUT2D eigenvalue weighted by atomic mass is 79.9. The van der Waals surface area contributed by atoms with Crippen LogP contribution in [0.1, 0.15) is 26.3 Å². The number of hydrogen-bond acceptors (Lipinski definition) is 3. The van der Waals surface area contributed by atoms with Crippen LogP contribution in [0.3, 0.4) is 0 Å². The molecule has 5 nitrogen and oxygen atoms in total. The molecule has 0 aliphatic carbocycles. The molecule has 0 radical (unpaired) electrons. The molecule has 2 aromatic rings. The Labute approximate surface area is 129 Å². The van der Waals surface area contributed by atoms with E-state index < -0.39 is 11.7 Å². The van der Waals surface area contributed by atoms with Gasteiger partial charge >= 0.3 is 5.97 Å². The number of rotatable bonds is 3. The normalized spacial score (nSPS) is 10.2. The molecule has 1 amide bonds. The van der Waals surface area contributed by atoms with Gasteiger partial charge in [0.05, 0.1) is 0 Å². The number of anilines is 1. The Morgan fingerprint density at radius 1 is 1.10 bits per heavy atom. The molecule has 2 aromatic carbocycles. The molecule has 3 N–H and O–H groups in total. The predicted octanol–water partition coefficient (Wildman–Crippen LogP) is 3.41. The number of carboxylic acid groups (broad SMARTS) is 1. The lowest BCUT2D eigenvalue weighted by molar-refractivity contribution is 0.0693. The van der Waals surface area contributed by atoms with E-state index in [4.69, 9.17) is 5.11 Å². The number of phenols is 1. The van der Waals surface area contributed by atoms with Crippen molar-refractivity contribution in [3.63, 3.8) is 0 Å². The van der Waals surface area contributed by atoms with E-state index in [1.165, 1.54) is 18.2 Å². The Balaban J connectivity index is 2.23. The van der Waals surface area contributed by atoms with E-state index in [-0.39, 0.29) is 11.5 Å². The van der Waals surface area contributed by atoms with Crippen LogP contribution in [0.2, 0.25) is 0 Å². The van der Waals surface area contributed by atoms with Crippen molar-refractivity contribution in [2.75, 3.05) is 5.32 Å². The average Bonchev–Trinajstić information content (AvgIpc) is 2.37. The van der Waals surface area contributed by atoms with Gasteiger partial charge in [0.25, 0.3) is 5.91 Å². The Morgan fingerprint density at radius 2 is 1.76 bits per heavy atom. The summed E-state index contributed by atoms with van der Waals surface area (Å²) in [5.74, 6) is -1.95. The molecule has 2 rings (SSSR count). The molecule has 0 saturated carbocycles. The molecule has 0 heterocycles. The summed E-state index contributed by atoms with van der Waals surface area (Å²) >= 11 is 3.32. The monoisotopic (exact) mass is 349 g/mol. The maximum atomic E-state index is 12.2. The zero-order chi connectivity index (χ0) is 15.6. The quantitative estimate of drug-likeness (QED) is 0.792. The van der Waals surface area contributed by atoms with Crippen molar-refractivity contribution in [3.8, 4) is 5.75 Å². The number of carbonyl (C=O) groups is 2. The highest BCUT2D eigenvalue weighted by Gasteiger charge is 2.13. The van der Waals surface area contributed by atoms with Crippen LogP contribution in [0, 0.1) is 6.92 Å². The number of aromatic carboxylic acids is 1. The molecule has 108 valence electrons. The van der Waals surface area contributed by atoms with Crippen molar-refractivity contribution in [2.24, 2.45) is 0 Å². The van der Waals surface area contributed by atoms with E-state index in [0.717, 1.165) is 10.0 Å². The zero-order valence-corrected chi connectivity index (χ0v) is 12.6. The second kappa shape index (κ2) is 5.97. The van der Waals surface area contributed by atoms with Crippen molar-refractivity contribution in [2.45, 2.75) is 6.92 Å². The highest BCUT2D eigenvalue weighted by molar-refractivity contribution is 9.10. The first-order valence-corrected chi connectivity index (χ1v) is 6.81. The molecule has 0 atom stereocenters. The predicted molar refractivity (Wildman–Crippen MR) is 81.9 cm³/mol. The number of nitrogens with one attached hydrogen (secondary N) is 1. The second-order valence-electron chi connectivity index (χ2n) is 4.45. The van der Waals surface area contributed by atoms with Crippen LogP contribution in [0.4, 0.5) is 5.69 Å². The summed E-state index contributed by atoms with van der Waals surface area (Å²) in [5.41, 5.74) is 1.41. The fraction of sp³-hybridized carbons (Fsp3) is 0.0667. The third-order valence-corrected chi connectivity index (χ3v) is 3.41. The highest BCUT2D eigenvalue weighted by Crippen LogP contribution is 2.23. The zero-order valence-electron chi connectivity index (χ0n) is 11.1. The average molecular weight is 350 g/mol. The van der Waals surface area contributed by atoms with Crippen molar-refractivity contribution in [3.05, 3.63) is 57.6 Å². The minimum Gasteiger partial charge on any atom is -0.507 e. The van der Waals surface area contributed by atoms with Crippen molar-refractivity contribution < 1.29 is 19.8 Å². The van der Waals surface area contributed by atoms with E-state index in [9.17, 15) is 14.7 Å². The van der Waals surface area contributed by atoms with Gasteiger partial charge in [0.2, 0.25) is 0 Å². The summed E-state index contributed by atoms with van der Waals surface area (Å²) in [6.07, 6.45) is 0. The Hall–Kier alpha value is -2.34. The van der Waals surface area contributed by atoms with Gasteiger partial charge in [0.1, 0.15) is 11.3 Å². The van der Waals surface area contributed by atoms with Gasteiger partial charge in [-0.1, -0.05) is 15.9 Å². The maximum Gasteiger partial charge on any atom is 0.339 e. The lowest BCUT2D eigenvalue weighted by Gasteiger charge is -2.09. The molecule has 0 fully saturated rings.